The highest BCUT2D eigenvalue weighted by atomic mass is 16.5. The standard InChI is InChI=1S/C10H5N3O3/c11-5-8-12-9(13-16-8)6-1-3-7(4-2-6)10(14)15/h1-4H,(H,14,15). The molecular weight excluding hydrogens is 210 g/mol. The minimum Gasteiger partial charge on any atom is -0.478 e. The Bertz CT molecular complexity index is 566. The van der Waals surface area contributed by atoms with Gasteiger partial charge in [-0.15, -0.1) is 0 Å². The first-order valence-electron chi connectivity index (χ1n) is 4.28. The average molecular weight is 215 g/mol. The molecule has 1 N–H and O–H groups in total. The molecule has 1 heterocycles. The van der Waals surface area contributed by atoms with Crippen molar-refractivity contribution >= 4 is 5.97 Å². The molecule has 2 aromatic rings. The molecule has 6 heteroatoms. The summed E-state index contributed by atoms with van der Waals surface area (Å²) < 4.78 is 4.61. The summed E-state index contributed by atoms with van der Waals surface area (Å²) in [6, 6.07) is 7.68. The Morgan fingerprint density at radius 2 is 2.06 bits per heavy atom. The second kappa shape index (κ2) is 3.82. The van der Waals surface area contributed by atoms with Gasteiger partial charge in [-0.25, -0.2) is 4.79 Å². The van der Waals surface area contributed by atoms with Gasteiger partial charge in [0.25, 0.3) is 0 Å². The molecule has 0 saturated heterocycles. The molecule has 1 aromatic heterocycles. The predicted molar refractivity (Wildman–Crippen MR) is 51.4 cm³/mol. The van der Waals surface area contributed by atoms with Crippen LogP contribution in [0.4, 0.5) is 0 Å². The zero-order valence-corrected chi connectivity index (χ0v) is 7.91. The molecular formula is C10H5N3O3. The summed E-state index contributed by atoms with van der Waals surface area (Å²) in [6.07, 6.45) is 0. The van der Waals surface area contributed by atoms with Crippen LogP contribution in [0.3, 0.4) is 0 Å². The zero-order chi connectivity index (χ0) is 11.5. The van der Waals surface area contributed by atoms with Gasteiger partial charge in [-0.1, -0.05) is 17.3 Å². The number of aromatic carboxylic acids is 1. The minimum atomic E-state index is -1.00. The number of hydrogen-bond acceptors (Lipinski definition) is 5. The highest BCUT2D eigenvalue weighted by Crippen LogP contribution is 2.16. The summed E-state index contributed by atoms with van der Waals surface area (Å²) in [5.74, 6) is -0.872. The maximum atomic E-state index is 10.6. The molecule has 0 radical (unpaired) electrons. The predicted octanol–water partition coefficient (Wildman–Crippen LogP) is 1.31. The number of nitriles is 1. The first-order valence-corrected chi connectivity index (χ1v) is 4.28. The minimum absolute atomic E-state index is 0.127. The van der Waals surface area contributed by atoms with Crippen molar-refractivity contribution in [3.8, 4) is 17.5 Å². The van der Waals surface area contributed by atoms with Crippen LogP contribution in [0.1, 0.15) is 16.2 Å². The van der Waals surface area contributed by atoms with Crippen molar-refractivity contribution in [2.24, 2.45) is 0 Å². The molecule has 0 saturated carbocycles. The topological polar surface area (TPSA) is 100 Å². The summed E-state index contributed by atoms with van der Waals surface area (Å²) in [5, 5.41) is 20.8. The SMILES string of the molecule is N#Cc1nc(-c2ccc(C(=O)O)cc2)no1. The molecule has 0 bridgehead atoms. The quantitative estimate of drug-likeness (QED) is 0.810. The number of rotatable bonds is 2. The van der Waals surface area contributed by atoms with Crippen molar-refractivity contribution in [3.05, 3.63) is 35.7 Å². The number of aromatic nitrogens is 2. The lowest BCUT2D eigenvalue weighted by Gasteiger charge is -1.95. The summed E-state index contributed by atoms with van der Waals surface area (Å²) in [7, 11) is 0. The van der Waals surface area contributed by atoms with E-state index in [4.69, 9.17) is 10.4 Å². The molecule has 6 nitrogen and oxygen atoms in total. The second-order valence-electron chi connectivity index (χ2n) is 2.92. The lowest BCUT2D eigenvalue weighted by atomic mass is 10.1. The van der Waals surface area contributed by atoms with Crippen LogP contribution in [0.5, 0.6) is 0 Å². The highest BCUT2D eigenvalue weighted by molar-refractivity contribution is 5.88. The summed E-state index contributed by atoms with van der Waals surface area (Å²) >= 11 is 0. The molecule has 0 fully saturated rings. The molecule has 0 unspecified atom stereocenters. The molecule has 0 spiro atoms. The Kier molecular flexibility index (Phi) is 2.36. The molecule has 0 atom stereocenters. The van der Waals surface area contributed by atoms with Crippen LogP contribution >= 0.6 is 0 Å². The van der Waals surface area contributed by atoms with Crippen LogP contribution in [-0.4, -0.2) is 21.2 Å². The second-order valence-corrected chi connectivity index (χ2v) is 2.92. The average Bonchev–Trinajstić information content (AvgIpc) is 2.77. The molecule has 0 aliphatic heterocycles. The van der Waals surface area contributed by atoms with Gasteiger partial charge in [0, 0.05) is 5.56 Å². The van der Waals surface area contributed by atoms with Crippen molar-refractivity contribution in [3.63, 3.8) is 0 Å². The first kappa shape index (κ1) is 9.86. The van der Waals surface area contributed by atoms with Gasteiger partial charge in [-0.05, 0) is 12.1 Å². The monoisotopic (exact) mass is 215 g/mol. The fourth-order valence-electron chi connectivity index (χ4n) is 1.15. The van der Waals surface area contributed by atoms with Gasteiger partial charge in [-0.3, -0.25) is 0 Å². The number of benzene rings is 1. The van der Waals surface area contributed by atoms with E-state index in [-0.39, 0.29) is 17.3 Å². The van der Waals surface area contributed by atoms with Gasteiger partial charge in [0.1, 0.15) is 0 Å². The lowest BCUT2D eigenvalue weighted by molar-refractivity contribution is 0.0697. The van der Waals surface area contributed by atoms with Crippen LogP contribution in [-0.2, 0) is 0 Å². The number of nitrogens with zero attached hydrogens (tertiary/aromatic N) is 3. The molecule has 0 aliphatic rings. The van der Waals surface area contributed by atoms with Crippen molar-refractivity contribution in [1.29, 1.82) is 5.26 Å². The Morgan fingerprint density at radius 1 is 1.38 bits per heavy atom. The van der Waals surface area contributed by atoms with Gasteiger partial charge in [-0.2, -0.15) is 10.2 Å². The molecule has 78 valence electrons. The van der Waals surface area contributed by atoms with E-state index in [2.05, 4.69) is 14.7 Å². The molecule has 2 rings (SSSR count). The Balaban J connectivity index is 2.35. The summed E-state index contributed by atoms with van der Waals surface area (Å²) in [6.45, 7) is 0. The van der Waals surface area contributed by atoms with Crippen molar-refractivity contribution < 1.29 is 14.4 Å². The summed E-state index contributed by atoms with van der Waals surface area (Å²) in [4.78, 5) is 14.4. The maximum Gasteiger partial charge on any atom is 0.335 e. The van der Waals surface area contributed by atoms with Crippen LogP contribution in [0, 0.1) is 11.3 Å². The number of carboxylic acids is 1. The smallest absolute Gasteiger partial charge is 0.335 e. The van der Waals surface area contributed by atoms with E-state index in [9.17, 15) is 4.79 Å². The lowest BCUT2D eigenvalue weighted by Crippen LogP contribution is -1.95. The third kappa shape index (κ3) is 1.74. The van der Waals surface area contributed by atoms with E-state index in [0.29, 0.717) is 5.56 Å². The van der Waals surface area contributed by atoms with E-state index >= 15 is 0 Å². The normalized spacial score (nSPS) is 9.69. The van der Waals surface area contributed by atoms with Crippen molar-refractivity contribution in [1.82, 2.24) is 10.1 Å². The van der Waals surface area contributed by atoms with Crippen LogP contribution < -0.4 is 0 Å². The van der Waals surface area contributed by atoms with Gasteiger partial charge in [0.15, 0.2) is 6.07 Å². The van der Waals surface area contributed by atoms with Gasteiger partial charge >= 0.3 is 11.9 Å². The van der Waals surface area contributed by atoms with E-state index in [1.54, 1.807) is 18.2 Å². The van der Waals surface area contributed by atoms with Crippen LogP contribution in [0.2, 0.25) is 0 Å². The molecule has 0 aliphatic carbocycles. The number of carboxylic acid groups (broad SMARTS) is 1. The van der Waals surface area contributed by atoms with E-state index < -0.39 is 5.97 Å². The molecule has 16 heavy (non-hydrogen) atoms. The summed E-state index contributed by atoms with van der Waals surface area (Å²) in [5.41, 5.74) is 0.767. The largest absolute Gasteiger partial charge is 0.478 e. The van der Waals surface area contributed by atoms with Crippen LogP contribution in [0.25, 0.3) is 11.4 Å². The maximum absolute atomic E-state index is 10.6. The Hall–Kier alpha value is -2.68. The van der Waals surface area contributed by atoms with Gasteiger partial charge < -0.3 is 9.63 Å². The van der Waals surface area contributed by atoms with Crippen LogP contribution in [0.15, 0.2) is 28.8 Å². The fraction of sp³-hybridized carbons (Fsp3) is 0. The van der Waals surface area contributed by atoms with Crippen molar-refractivity contribution in [2.45, 2.75) is 0 Å². The van der Waals surface area contributed by atoms with E-state index in [0.717, 1.165) is 0 Å². The van der Waals surface area contributed by atoms with Crippen molar-refractivity contribution in [2.75, 3.05) is 0 Å². The molecule has 1 aromatic carbocycles. The Labute approximate surface area is 89.8 Å². The van der Waals surface area contributed by atoms with Gasteiger partial charge in [0.05, 0.1) is 5.56 Å². The van der Waals surface area contributed by atoms with Gasteiger partial charge in [0.2, 0.25) is 5.82 Å². The fourth-order valence-corrected chi connectivity index (χ4v) is 1.15. The highest BCUT2D eigenvalue weighted by Gasteiger charge is 2.08. The molecule has 0 amide bonds. The number of carbonyl (C=O) groups is 1. The third-order valence-electron chi connectivity index (χ3n) is 1.91. The third-order valence-corrected chi connectivity index (χ3v) is 1.91. The Morgan fingerprint density at radius 3 is 2.56 bits per heavy atom. The van der Waals surface area contributed by atoms with E-state index in [1.165, 1.54) is 12.1 Å². The zero-order valence-electron chi connectivity index (χ0n) is 7.91. The number of hydrogen-bond donors (Lipinski definition) is 1. The first-order chi connectivity index (χ1) is 7.70. The van der Waals surface area contributed by atoms with E-state index in [1.807, 2.05) is 0 Å².